The van der Waals surface area contributed by atoms with Gasteiger partial charge in [0.25, 0.3) is 0 Å². The molecule has 1 amide bonds. The lowest BCUT2D eigenvalue weighted by molar-refractivity contribution is -0.116. The van der Waals surface area contributed by atoms with Crippen molar-refractivity contribution in [2.45, 2.75) is 12.8 Å². The molecule has 112 valence electrons. The predicted octanol–water partition coefficient (Wildman–Crippen LogP) is 0.831. The Bertz CT molecular complexity index is 398. The zero-order valence-electron chi connectivity index (χ0n) is 11.4. The Morgan fingerprint density at radius 1 is 1.10 bits per heavy atom. The average molecular weight is 284 g/mol. The highest BCUT2D eigenvalue weighted by molar-refractivity contribution is 5.90. The summed E-state index contributed by atoms with van der Waals surface area (Å²) >= 11 is 0. The predicted molar refractivity (Wildman–Crippen MR) is 74.9 cm³/mol. The maximum absolute atomic E-state index is 12.7. The number of hydrogen-bond acceptors (Lipinski definition) is 4. The molecule has 0 saturated heterocycles. The van der Waals surface area contributed by atoms with Crippen LogP contribution in [0.1, 0.15) is 12.8 Å². The molecule has 0 aromatic heterocycles. The smallest absolute Gasteiger partial charge is 0.225 e. The van der Waals surface area contributed by atoms with Crippen molar-refractivity contribution >= 4 is 11.6 Å². The highest BCUT2D eigenvalue weighted by Gasteiger charge is 2.08. The number of halogens is 1. The Balaban J connectivity index is 2.34. The number of anilines is 1. The quantitative estimate of drug-likeness (QED) is 0.628. The normalized spacial score (nSPS) is 10.8. The molecule has 0 radical (unpaired) electrons. The van der Waals surface area contributed by atoms with E-state index in [-0.39, 0.29) is 31.4 Å². The van der Waals surface area contributed by atoms with E-state index in [1.807, 2.05) is 4.90 Å². The molecule has 5 nitrogen and oxygen atoms in total. The second kappa shape index (κ2) is 9.41. The van der Waals surface area contributed by atoms with Crippen molar-refractivity contribution in [2.75, 3.05) is 38.2 Å². The Morgan fingerprint density at radius 3 is 2.40 bits per heavy atom. The second-order valence-corrected chi connectivity index (χ2v) is 4.45. The molecule has 0 spiro atoms. The van der Waals surface area contributed by atoms with Gasteiger partial charge in [-0.3, -0.25) is 4.79 Å². The number of aliphatic hydroxyl groups excluding tert-OH is 2. The maximum Gasteiger partial charge on any atom is 0.225 e. The zero-order valence-corrected chi connectivity index (χ0v) is 11.4. The minimum absolute atomic E-state index is 0.0189. The fourth-order valence-electron chi connectivity index (χ4n) is 1.79. The van der Waals surface area contributed by atoms with E-state index in [2.05, 4.69) is 5.32 Å². The van der Waals surface area contributed by atoms with Crippen LogP contribution in [0.3, 0.4) is 0 Å². The highest BCUT2D eigenvalue weighted by atomic mass is 19.1. The third-order valence-corrected chi connectivity index (χ3v) is 2.83. The molecule has 0 bridgehead atoms. The lowest BCUT2D eigenvalue weighted by atomic mass is 10.3. The molecule has 0 aliphatic heterocycles. The molecule has 0 aliphatic carbocycles. The molecule has 1 aromatic carbocycles. The summed E-state index contributed by atoms with van der Waals surface area (Å²) in [5.41, 5.74) is 0.556. The first-order valence-electron chi connectivity index (χ1n) is 6.65. The van der Waals surface area contributed by atoms with E-state index in [9.17, 15) is 9.18 Å². The topological polar surface area (TPSA) is 72.8 Å². The third kappa shape index (κ3) is 6.60. The van der Waals surface area contributed by atoms with E-state index >= 15 is 0 Å². The van der Waals surface area contributed by atoms with Crippen molar-refractivity contribution in [3.63, 3.8) is 0 Å². The van der Waals surface area contributed by atoms with Crippen molar-refractivity contribution in [3.8, 4) is 0 Å². The molecule has 0 saturated carbocycles. The van der Waals surface area contributed by atoms with Gasteiger partial charge in [-0.15, -0.1) is 0 Å². The van der Waals surface area contributed by atoms with Crippen LogP contribution >= 0.6 is 0 Å². The summed E-state index contributed by atoms with van der Waals surface area (Å²) in [6.45, 7) is 1.73. The number of carbonyl (C=O) groups excluding carboxylic acids is 1. The van der Waals surface area contributed by atoms with E-state index in [0.29, 0.717) is 31.7 Å². The minimum atomic E-state index is -0.346. The van der Waals surface area contributed by atoms with Gasteiger partial charge in [0.15, 0.2) is 0 Å². The lowest BCUT2D eigenvalue weighted by Gasteiger charge is -2.20. The van der Waals surface area contributed by atoms with Crippen molar-refractivity contribution in [1.82, 2.24) is 4.90 Å². The van der Waals surface area contributed by atoms with Crippen molar-refractivity contribution in [2.24, 2.45) is 0 Å². The molecule has 3 N–H and O–H groups in total. The fourth-order valence-corrected chi connectivity index (χ4v) is 1.79. The number of amides is 1. The first kappa shape index (κ1) is 16.6. The monoisotopic (exact) mass is 284 g/mol. The standard InChI is InChI=1S/C14H21FN2O3/c15-12-2-4-13(5-3-12)16-14(20)6-8-17(9-11-19)7-1-10-18/h2-5,18-19H,1,6-11H2,(H,16,20). The van der Waals surface area contributed by atoms with Crippen LogP contribution in [0.15, 0.2) is 24.3 Å². The molecule has 0 atom stereocenters. The van der Waals surface area contributed by atoms with Gasteiger partial charge in [0.1, 0.15) is 5.82 Å². The van der Waals surface area contributed by atoms with Crippen LogP contribution in [0.25, 0.3) is 0 Å². The molecule has 0 heterocycles. The zero-order chi connectivity index (χ0) is 14.8. The number of aliphatic hydroxyl groups is 2. The number of carbonyl (C=O) groups is 1. The van der Waals surface area contributed by atoms with Crippen LogP contribution in [0.2, 0.25) is 0 Å². The number of nitrogens with one attached hydrogen (secondary N) is 1. The van der Waals surface area contributed by atoms with E-state index < -0.39 is 0 Å². The second-order valence-electron chi connectivity index (χ2n) is 4.45. The van der Waals surface area contributed by atoms with Gasteiger partial charge in [0.05, 0.1) is 6.61 Å². The van der Waals surface area contributed by atoms with Crippen molar-refractivity contribution in [1.29, 1.82) is 0 Å². The first-order chi connectivity index (χ1) is 9.65. The van der Waals surface area contributed by atoms with Gasteiger partial charge in [-0.25, -0.2) is 4.39 Å². The molecular formula is C14H21FN2O3. The molecule has 6 heteroatoms. The summed E-state index contributed by atoms with van der Waals surface area (Å²) in [6, 6.07) is 5.58. The van der Waals surface area contributed by atoms with Gasteiger partial charge < -0.3 is 20.4 Å². The van der Waals surface area contributed by atoms with E-state index in [1.54, 1.807) is 0 Å². The Hall–Kier alpha value is -1.50. The first-order valence-corrected chi connectivity index (χ1v) is 6.65. The van der Waals surface area contributed by atoms with Crippen molar-refractivity contribution in [3.05, 3.63) is 30.1 Å². The van der Waals surface area contributed by atoms with Crippen LogP contribution in [-0.4, -0.2) is 53.9 Å². The third-order valence-electron chi connectivity index (χ3n) is 2.83. The van der Waals surface area contributed by atoms with Crippen LogP contribution < -0.4 is 5.32 Å². The van der Waals surface area contributed by atoms with Gasteiger partial charge in [0, 0.05) is 38.3 Å². The summed E-state index contributed by atoms with van der Waals surface area (Å²) < 4.78 is 12.7. The van der Waals surface area contributed by atoms with Gasteiger partial charge in [-0.1, -0.05) is 0 Å². The summed E-state index contributed by atoms with van der Waals surface area (Å²) in [5, 5.41) is 20.4. The number of nitrogens with zero attached hydrogens (tertiary/aromatic N) is 1. The fraction of sp³-hybridized carbons (Fsp3) is 0.500. The maximum atomic E-state index is 12.7. The van der Waals surface area contributed by atoms with Crippen LogP contribution in [0.5, 0.6) is 0 Å². The van der Waals surface area contributed by atoms with Gasteiger partial charge in [-0.05, 0) is 30.7 Å². The summed E-state index contributed by atoms with van der Waals surface area (Å²) in [5.74, 6) is -0.510. The molecule has 1 aromatic rings. The molecular weight excluding hydrogens is 263 g/mol. The highest BCUT2D eigenvalue weighted by Crippen LogP contribution is 2.08. The molecule has 0 fully saturated rings. The molecule has 0 aliphatic rings. The Kier molecular flexibility index (Phi) is 7.79. The summed E-state index contributed by atoms with van der Waals surface area (Å²) in [4.78, 5) is 13.7. The SMILES string of the molecule is O=C(CCN(CCO)CCCO)Nc1ccc(F)cc1. The molecule has 0 unspecified atom stereocenters. The molecule has 1 rings (SSSR count). The largest absolute Gasteiger partial charge is 0.396 e. The summed E-state index contributed by atoms with van der Waals surface area (Å²) in [6.07, 6.45) is 0.891. The number of rotatable bonds is 9. The minimum Gasteiger partial charge on any atom is -0.396 e. The Labute approximate surface area is 118 Å². The van der Waals surface area contributed by atoms with E-state index in [4.69, 9.17) is 10.2 Å². The molecule has 20 heavy (non-hydrogen) atoms. The van der Waals surface area contributed by atoms with E-state index in [0.717, 1.165) is 0 Å². The van der Waals surface area contributed by atoms with Crippen LogP contribution in [-0.2, 0) is 4.79 Å². The lowest BCUT2D eigenvalue weighted by Crippen LogP contribution is -2.31. The van der Waals surface area contributed by atoms with Gasteiger partial charge in [0.2, 0.25) is 5.91 Å². The number of hydrogen-bond donors (Lipinski definition) is 3. The van der Waals surface area contributed by atoms with Crippen LogP contribution in [0.4, 0.5) is 10.1 Å². The van der Waals surface area contributed by atoms with Gasteiger partial charge >= 0.3 is 0 Å². The van der Waals surface area contributed by atoms with E-state index in [1.165, 1.54) is 24.3 Å². The Morgan fingerprint density at radius 2 is 1.80 bits per heavy atom. The van der Waals surface area contributed by atoms with Gasteiger partial charge in [-0.2, -0.15) is 0 Å². The average Bonchev–Trinajstić information content (AvgIpc) is 2.44. The summed E-state index contributed by atoms with van der Waals surface area (Å²) in [7, 11) is 0. The van der Waals surface area contributed by atoms with Crippen LogP contribution in [0, 0.1) is 5.82 Å². The number of benzene rings is 1. The van der Waals surface area contributed by atoms with Crippen molar-refractivity contribution < 1.29 is 19.4 Å².